The van der Waals surface area contributed by atoms with E-state index >= 15 is 0 Å². The van der Waals surface area contributed by atoms with Crippen molar-refractivity contribution in [3.63, 3.8) is 0 Å². The van der Waals surface area contributed by atoms with Crippen LogP contribution < -0.4 is 5.32 Å². The number of halogens is 2. The lowest BCUT2D eigenvalue weighted by atomic mass is 10.1. The number of ketones is 1. The maximum atomic E-state index is 13.1. The van der Waals surface area contributed by atoms with Gasteiger partial charge in [-0.3, -0.25) is 14.4 Å². The van der Waals surface area contributed by atoms with Gasteiger partial charge < -0.3 is 10.1 Å². The Hall–Kier alpha value is -2.74. The smallest absolute Gasteiger partial charge is 0.307 e. The molecule has 0 aliphatic rings. The first kappa shape index (κ1) is 21.6. The summed E-state index contributed by atoms with van der Waals surface area (Å²) >= 11 is 1.17. The van der Waals surface area contributed by atoms with Crippen LogP contribution in [0.2, 0.25) is 0 Å². The predicted octanol–water partition coefficient (Wildman–Crippen LogP) is 4.22. The number of rotatable bonds is 8. The minimum absolute atomic E-state index is 0.00110. The Morgan fingerprint density at radius 3 is 2.54 bits per heavy atom. The number of nitrogens with one attached hydrogen (secondary N) is 1. The number of Topliss-reactive ketones (excluding diaryl/α,β-unsaturated/α-hetero) is 1. The van der Waals surface area contributed by atoms with Crippen molar-refractivity contribution in [2.75, 3.05) is 11.1 Å². The van der Waals surface area contributed by atoms with E-state index in [-0.39, 0.29) is 12.2 Å². The number of ether oxygens (including phenoxy) is 1. The first-order valence-corrected chi connectivity index (χ1v) is 9.44. The van der Waals surface area contributed by atoms with E-state index in [9.17, 15) is 23.2 Å². The van der Waals surface area contributed by atoms with E-state index < -0.39 is 29.6 Å². The minimum Gasteiger partial charge on any atom is -0.453 e. The van der Waals surface area contributed by atoms with Crippen LogP contribution in [-0.4, -0.2) is 29.5 Å². The summed E-state index contributed by atoms with van der Waals surface area (Å²) in [5, 5.41) is 2.59. The normalized spacial score (nSPS) is 11.6. The molecule has 0 spiro atoms. The van der Waals surface area contributed by atoms with Crippen molar-refractivity contribution in [1.82, 2.24) is 0 Å². The van der Waals surface area contributed by atoms with Crippen LogP contribution in [0.3, 0.4) is 0 Å². The van der Waals surface area contributed by atoms with Gasteiger partial charge in [-0.05, 0) is 44.2 Å². The zero-order valence-electron chi connectivity index (χ0n) is 15.3. The number of hydrogen-bond donors (Lipinski definition) is 1. The Morgan fingerprint density at radius 2 is 1.86 bits per heavy atom. The highest BCUT2D eigenvalue weighted by Crippen LogP contribution is 2.21. The highest BCUT2D eigenvalue weighted by molar-refractivity contribution is 7.99. The first-order chi connectivity index (χ1) is 13.3. The van der Waals surface area contributed by atoms with E-state index in [2.05, 4.69) is 5.32 Å². The van der Waals surface area contributed by atoms with Crippen molar-refractivity contribution >= 4 is 35.1 Å². The summed E-state index contributed by atoms with van der Waals surface area (Å²) in [4.78, 5) is 35.9. The van der Waals surface area contributed by atoms with Crippen LogP contribution in [0.4, 0.5) is 14.5 Å². The maximum absolute atomic E-state index is 13.1. The van der Waals surface area contributed by atoms with Gasteiger partial charge in [-0.1, -0.05) is 12.1 Å². The molecule has 1 N–H and O–H groups in total. The molecule has 0 fully saturated rings. The highest BCUT2D eigenvalue weighted by Gasteiger charge is 2.18. The molecule has 0 unspecified atom stereocenters. The van der Waals surface area contributed by atoms with Crippen molar-refractivity contribution in [3.8, 4) is 0 Å². The second kappa shape index (κ2) is 9.98. The number of anilines is 1. The zero-order valence-corrected chi connectivity index (χ0v) is 16.1. The van der Waals surface area contributed by atoms with Gasteiger partial charge in [0.1, 0.15) is 0 Å². The summed E-state index contributed by atoms with van der Waals surface area (Å²) in [7, 11) is 0. The van der Waals surface area contributed by atoms with E-state index in [1.165, 1.54) is 37.7 Å². The summed E-state index contributed by atoms with van der Waals surface area (Å²) in [6, 6.07) is 9.91. The summed E-state index contributed by atoms with van der Waals surface area (Å²) in [5.41, 5.74) is 0.881. The van der Waals surface area contributed by atoms with Gasteiger partial charge in [-0.15, -0.1) is 11.8 Å². The molecule has 0 aromatic heterocycles. The molecule has 0 bridgehead atoms. The van der Waals surface area contributed by atoms with Crippen LogP contribution in [0.25, 0.3) is 0 Å². The van der Waals surface area contributed by atoms with Crippen molar-refractivity contribution in [2.45, 2.75) is 31.3 Å². The van der Waals surface area contributed by atoms with Crippen molar-refractivity contribution < 1.29 is 27.9 Å². The fraction of sp³-hybridized carbons (Fsp3) is 0.250. The molecule has 0 saturated carbocycles. The van der Waals surface area contributed by atoms with Gasteiger partial charge in [-0.25, -0.2) is 8.78 Å². The van der Waals surface area contributed by atoms with E-state index in [0.717, 1.165) is 12.1 Å². The Labute approximate surface area is 165 Å². The van der Waals surface area contributed by atoms with Crippen LogP contribution in [0, 0.1) is 11.6 Å². The van der Waals surface area contributed by atoms with E-state index in [1.807, 2.05) is 0 Å². The molecule has 0 heterocycles. The summed E-state index contributed by atoms with van der Waals surface area (Å²) in [6.45, 7) is 2.86. The summed E-state index contributed by atoms with van der Waals surface area (Å²) in [6.07, 6.45) is -1.03. The predicted molar refractivity (Wildman–Crippen MR) is 102 cm³/mol. The SMILES string of the molecule is CC(=O)c1cccc(NC(=O)[C@H](C)OC(=O)CCSc2ccc(F)c(F)c2)c1. The minimum atomic E-state index is -1.03. The zero-order chi connectivity index (χ0) is 20.7. The number of carbonyl (C=O) groups is 3. The lowest BCUT2D eigenvalue weighted by molar-refractivity contribution is -0.152. The third-order valence-electron chi connectivity index (χ3n) is 3.68. The van der Waals surface area contributed by atoms with Crippen molar-refractivity contribution in [1.29, 1.82) is 0 Å². The fourth-order valence-corrected chi connectivity index (χ4v) is 3.04. The number of amides is 1. The fourth-order valence-electron chi connectivity index (χ4n) is 2.19. The third-order valence-corrected chi connectivity index (χ3v) is 4.68. The average Bonchev–Trinajstić information content (AvgIpc) is 2.64. The average molecular weight is 407 g/mol. The van der Waals surface area contributed by atoms with Crippen molar-refractivity contribution in [2.24, 2.45) is 0 Å². The number of esters is 1. The molecule has 148 valence electrons. The van der Waals surface area contributed by atoms with Crippen LogP contribution >= 0.6 is 11.8 Å². The molecule has 0 aliphatic heterocycles. The number of thioether (sulfide) groups is 1. The van der Waals surface area contributed by atoms with Gasteiger partial charge in [0.05, 0.1) is 6.42 Å². The van der Waals surface area contributed by atoms with Gasteiger partial charge in [-0.2, -0.15) is 0 Å². The molecule has 1 amide bonds. The van der Waals surface area contributed by atoms with Crippen LogP contribution in [0.1, 0.15) is 30.6 Å². The summed E-state index contributed by atoms with van der Waals surface area (Å²) in [5.74, 6) is -2.84. The highest BCUT2D eigenvalue weighted by atomic mass is 32.2. The number of carbonyl (C=O) groups excluding carboxylic acids is 3. The van der Waals surface area contributed by atoms with Gasteiger partial charge in [0.2, 0.25) is 0 Å². The summed E-state index contributed by atoms with van der Waals surface area (Å²) < 4.78 is 31.1. The molecule has 0 radical (unpaired) electrons. The third kappa shape index (κ3) is 6.45. The second-order valence-corrected chi connectivity index (χ2v) is 7.10. The van der Waals surface area contributed by atoms with Crippen LogP contribution in [0.15, 0.2) is 47.4 Å². The van der Waals surface area contributed by atoms with Gasteiger partial charge in [0.15, 0.2) is 23.5 Å². The molecule has 0 aliphatic carbocycles. The van der Waals surface area contributed by atoms with Gasteiger partial charge in [0, 0.05) is 21.9 Å². The Bertz CT molecular complexity index is 888. The molecule has 28 heavy (non-hydrogen) atoms. The lowest BCUT2D eigenvalue weighted by Gasteiger charge is -2.14. The van der Waals surface area contributed by atoms with E-state index in [1.54, 1.807) is 18.2 Å². The molecule has 2 aromatic rings. The van der Waals surface area contributed by atoms with Gasteiger partial charge in [0.25, 0.3) is 5.91 Å². The Kier molecular flexibility index (Phi) is 7.69. The van der Waals surface area contributed by atoms with Crippen LogP contribution in [-0.2, 0) is 14.3 Å². The molecule has 0 saturated heterocycles. The lowest BCUT2D eigenvalue weighted by Crippen LogP contribution is -2.30. The number of hydrogen-bond acceptors (Lipinski definition) is 5. The van der Waals surface area contributed by atoms with Gasteiger partial charge >= 0.3 is 5.97 Å². The molecular weight excluding hydrogens is 388 g/mol. The van der Waals surface area contributed by atoms with Crippen LogP contribution in [0.5, 0.6) is 0 Å². The monoisotopic (exact) mass is 407 g/mol. The molecule has 1 atom stereocenters. The topological polar surface area (TPSA) is 72.5 Å². The molecule has 2 aromatic carbocycles. The molecule has 2 rings (SSSR count). The number of benzene rings is 2. The first-order valence-electron chi connectivity index (χ1n) is 8.45. The van der Waals surface area contributed by atoms with E-state index in [0.29, 0.717) is 21.9 Å². The largest absolute Gasteiger partial charge is 0.453 e. The Balaban J connectivity index is 1.79. The standard InChI is InChI=1S/C20H19F2NO4S/c1-12(24)14-4-3-5-15(10-14)23-20(26)13(2)27-19(25)8-9-28-16-6-7-17(21)18(22)11-16/h3-7,10-11,13H,8-9H2,1-2H3,(H,23,26)/t13-/m0/s1. The van der Waals surface area contributed by atoms with E-state index in [4.69, 9.17) is 4.74 Å². The quantitative estimate of drug-likeness (QED) is 0.403. The molecule has 8 heteroatoms. The van der Waals surface area contributed by atoms with Crippen molar-refractivity contribution in [3.05, 3.63) is 59.7 Å². The molecular formula is C20H19F2NO4S. The maximum Gasteiger partial charge on any atom is 0.307 e. The second-order valence-electron chi connectivity index (χ2n) is 5.93. The Morgan fingerprint density at radius 1 is 1.11 bits per heavy atom. The molecule has 5 nitrogen and oxygen atoms in total.